The van der Waals surface area contributed by atoms with Crippen LogP contribution in [0.25, 0.3) is 10.2 Å². The molecule has 0 fully saturated rings. The van der Waals surface area contributed by atoms with E-state index in [1.165, 1.54) is 29.5 Å². The Labute approximate surface area is 166 Å². The van der Waals surface area contributed by atoms with Gasteiger partial charge in [0.15, 0.2) is 14.6 Å². The third-order valence-electron chi connectivity index (χ3n) is 4.20. The summed E-state index contributed by atoms with van der Waals surface area (Å²) in [6.07, 6.45) is 1.65. The lowest BCUT2D eigenvalue weighted by atomic mass is 10.1. The molecule has 0 aliphatic heterocycles. The van der Waals surface area contributed by atoms with Gasteiger partial charge in [0.05, 0.1) is 27.3 Å². The standard InChI is InChI=1S/C20H19FN2O3S2/c1-3-12-23-19-16(21)6-5-7-17(19)27-20(23)22-18(24)13-14-8-10-15(11-9-14)28(25,26)4-2/h3,5-11H,1,4,12-13H2,2H3. The highest BCUT2D eigenvalue weighted by atomic mass is 32.2. The highest BCUT2D eigenvalue weighted by Gasteiger charge is 2.13. The number of nitrogens with zero attached hydrogens (tertiary/aromatic N) is 2. The number of fused-ring (bicyclic) bond motifs is 1. The number of hydrogen-bond donors (Lipinski definition) is 0. The Hall–Kier alpha value is -2.58. The topological polar surface area (TPSA) is 68.5 Å². The minimum absolute atomic E-state index is 0.0202. The lowest BCUT2D eigenvalue weighted by Gasteiger charge is -2.03. The first-order valence-electron chi connectivity index (χ1n) is 8.63. The van der Waals surface area contributed by atoms with Gasteiger partial charge in [0, 0.05) is 6.54 Å². The van der Waals surface area contributed by atoms with Crippen LogP contribution in [0.5, 0.6) is 0 Å². The average molecular weight is 419 g/mol. The molecule has 1 heterocycles. The number of sulfone groups is 1. The minimum atomic E-state index is -3.28. The van der Waals surface area contributed by atoms with Gasteiger partial charge in [-0.1, -0.05) is 42.5 Å². The van der Waals surface area contributed by atoms with Crippen molar-refractivity contribution in [3.05, 3.63) is 71.3 Å². The van der Waals surface area contributed by atoms with Crippen LogP contribution >= 0.6 is 11.3 Å². The summed E-state index contributed by atoms with van der Waals surface area (Å²) >= 11 is 1.23. The number of aromatic nitrogens is 1. The van der Waals surface area contributed by atoms with E-state index in [-0.39, 0.29) is 22.9 Å². The van der Waals surface area contributed by atoms with Gasteiger partial charge in [-0.05, 0) is 29.8 Å². The van der Waals surface area contributed by atoms with Crippen LogP contribution in [0.2, 0.25) is 0 Å². The molecule has 0 aliphatic rings. The van der Waals surface area contributed by atoms with Gasteiger partial charge in [-0.25, -0.2) is 12.8 Å². The van der Waals surface area contributed by atoms with Crippen molar-refractivity contribution in [2.75, 3.05) is 5.75 Å². The Bertz CT molecular complexity index is 1210. The normalized spacial score (nSPS) is 12.4. The summed E-state index contributed by atoms with van der Waals surface area (Å²) in [6.45, 7) is 5.59. The molecule has 0 N–H and O–H groups in total. The molecule has 0 bridgehead atoms. The summed E-state index contributed by atoms with van der Waals surface area (Å²) in [5.41, 5.74) is 1.06. The molecule has 146 valence electrons. The Morgan fingerprint density at radius 2 is 1.96 bits per heavy atom. The zero-order valence-corrected chi connectivity index (χ0v) is 16.9. The van der Waals surface area contributed by atoms with Crippen LogP contribution in [0.15, 0.2) is 65.0 Å². The fourth-order valence-electron chi connectivity index (χ4n) is 2.77. The van der Waals surface area contributed by atoms with Crippen LogP contribution in [-0.4, -0.2) is 24.6 Å². The van der Waals surface area contributed by atoms with E-state index in [0.29, 0.717) is 27.1 Å². The molecule has 0 atom stereocenters. The second-order valence-corrected chi connectivity index (χ2v) is 9.39. The Balaban J connectivity index is 1.92. The van der Waals surface area contributed by atoms with E-state index < -0.39 is 15.7 Å². The molecule has 0 saturated heterocycles. The van der Waals surface area contributed by atoms with Crippen molar-refractivity contribution in [2.45, 2.75) is 24.8 Å². The molecular formula is C20H19FN2O3S2. The van der Waals surface area contributed by atoms with Crippen molar-refractivity contribution in [3.8, 4) is 0 Å². The minimum Gasteiger partial charge on any atom is -0.310 e. The summed E-state index contributed by atoms with van der Waals surface area (Å²) in [5, 5.41) is 0. The Kier molecular flexibility index (Phi) is 5.90. The highest BCUT2D eigenvalue weighted by molar-refractivity contribution is 7.91. The predicted octanol–water partition coefficient (Wildman–Crippen LogP) is 3.49. The van der Waals surface area contributed by atoms with Gasteiger partial charge >= 0.3 is 0 Å². The maximum atomic E-state index is 14.2. The highest BCUT2D eigenvalue weighted by Crippen LogP contribution is 2.20. The number of carbonyl (C=O) groups excluding carboxylic acids is 1. The van der Waals surface area contributed by atoms with Crippen molar-refractivity contribution in [1.82, 2.24) is 4.57 Å². The van der Waals surface area contributed by atoms with Gasteiger partial charge in [0.25, 0.3) is 5.91 Å². The first kappa shape index (κ1) is 20.2. The molecule has 0 saturated carbocycles. The SMILES string of the molecule is C=CCn1c(=NC(=O)Cc2ccc(S(=O)(=O)CC)cc2)sc2cccc(F)c21. The molecule has 3 rings (SSSR count). The van der Waals surface area contributed by atoms with Gasteiger partial charge in [-0.15, -0.1) is 6.58 Å². The van der Waals surface area contributed by atoms with Gasteiger partial charge < -0.3 is 4.57 Å². The zero-order chi connectivity index (χ0) is 20.3. The van der Waals surface area contributed by atoms with Gasteiger partial charge in [-0.3, -0.25) is 4.79 Å². The molecule has 8 heteroatoms. The summed E-state index contributed by atoms with van der Waals surface area (Å²) in [6, 6.07) is 11.0. The second-order valence-electron chi connectivity index (χ2n) is 6.10. The number of para-hydroxylation sites is 1. The fraction of sp³-hybridized carbons (Fsp3) is 0.200. The average Bonchev–Trinajstić information content (AvgIpc) is 3.01. The number of halogens is 1. The third kappa shape index (κ3) is 4.13. The van der Waals surface area contributed by atoms with Crippen molar-refractivity contribution in [1.29, 1.82) is 0 Å². The van der Waals surface area contributed by atoms with E-state index in [1.54, 1.807) is 41.8 Å². The second kappa shape index (κ2) is 8.20. The lowest BCUT2D eigenvalue weighted by molar-refractivity contribution is -0.117. The summed E-state index contributed by atoms with van der Waals surface area (Å²) in [7, 11) is -3.28. The molecule has 1 amide bonds. The van der Waals surface area contributed by atoms with Crippen molar-refractivity contribution in [3.63, 3.8) is 0 Å². The zero-order valence-electron chi connectivity index (χ0n) is 15.3. The lowest BCUT2D eigenvalue weighted by Crippen LogP contribution is -2.17. The van der Waals surface area contributed by atoms with E-state index in [2.05, 4.69) is 11.6 Å². The first-order valence-corrected chi connectivity index (χ1v) is 11.1. The van der Waals surface area contributed by atoms with Crippen molar-refractivity contribution >= 4 is 37.3 Å². The van der Waals surface area contributed by atoms with E-state index in [4.69, 9.17) is 0 Å². The maximum absolute atomic E-state index is 14.2. The summed E-state index contributed by atoms with van der Waals surface area (Å²) in [5.74, 6) is -0.750. The molecule has 3 aromatic rings. The summed E-state index contributed by atoms with van der Waals surface area (Å²) < 4.78 is 40.2. The van der Waals surface area contributed by atoms with Crippen LogP contribution in [0.3, 0.4) is 0 Å². The molecule has 0 unspecified atom stereocenters. The molecular weight excluding hydrogens is 399 g/mol. The number of rotatable bonds is 6. The number of thiazole rings is 1. The van der Waals surface area contributed by atoms with E-state index in [9.17, 15) is 17.6 Å². The number of allylic oxidation sites excluding steroid dienone is 1. The monoisotopic (exact) mass is 418 g/mol. The van der Waals surface area contributed by atoms with Crippen LogP contribution < -0.4 is 4.80 Å². The molecule has 1 aromatic heterocycles. The maximum Gasteiger partial charge on any atom is 0.252 e. The van der Waals surface area contributed by atoms with Crippen LogP contribution in [0, 0.1) is 5.82 Å². The number of benzene rings is 2. The van der Waals surface area contributed by atoms with Gasteiger partial charge in [0.1, 0.15) is 5.82 Å². The van der Waals surface area contributed by atoms with Crippen LogP contribution in [-0.2, 0) is 27.6 Å². The van der Waals surface area contributed by atoms with E-state index in [1.807, 2.05) is 0 Å². The number of hydrogen-bond acceptors (Lipinski definition) is 4. The first-order chi connectivity index (χ1) is 13.4. The van der Waals surface area contributed by atoms with Gasteiger partial charge in [-0.2, -0.15) is 4.99 Å². The van der Waals surface area contributed by atoms with E-state index >= 15 is 0 Å². The largest absolute Gasteiger partial charge is 0.310 e. The number of amides is 1. The van der Waals surface area contributed by atoms with E-state index in [0.717, 1.165) is 0 Å². The predicted molar refractivity (Wildman–Crippen MR) is 108 cm³/mol. The fourth-order valence-corrected chi connectivity index (χ4v) is 4.73. The smallest absolute Gasteiger partial charge is 0.252 e. The third-order valence-corrected chi connectivity index (χ3v) is 7.00. The quantitative estimate of drug-likeness (QED) is 0.576. The molecule has 2 aromatic carbocycles. The van der Waals surface area contributed by atoms with Crippen molar-refractivity contribution in [2.24, 2.45) is 4.99 Å². The molecule has 28 heavy (non-hydrogen) atoms. The number of carbonyl (C=O) groups is 1. The van der Waals surface area contributed by atoms with Crippen molar-refractivity contribution < 1.29 is 17.6 Å². The molecule has 5 nitrogen and oxygen atoms in total. The molecule has 0 radical (unpaired) electrons. The van der Waals surface area contributed by atoms with Gasteiger partial charge in [0.2, 0.25) is 0 Å². The Morgan fingerprint density at radius 1 is 1.25 bits per heavy atom. The Morgan fingerprint density at radius 3 is 2.61 bits per heavy atom. The van der Waals surface area contributed by atoms with Crippen LogP contribution in [0.4, 0.5) is 4.39 Å². The molecule has 0 spiro atoms. The summed E-state index contributed by atoms with van der Waals surface area (Å²) in [4.78, 5) is 17.2. The molecule has 0 aliphatic carbocycles. The van der Waals surface area contributed by atoms with Crippen LogP contribution in [0.1, 0.15) is 12.5 Å².